The molecule has 1 saturated heterocycles. The van der Waals surface area contributed by atoms with Crippen molar-refractivity contribution in [3.8, 4) is 0 Å². The number of methoxy groups -OCH3 is 1. The first-order valence-electron chi connectivity index (χ1n) is 13.8. The van der Waals surface area contributed by atoms with Crippen molar-refractivity contribution in [2.75, 3.05) is 30.8 Å². The predicted molar refractivity (Wildman–Crippen MR) is 156 cm³/mol. The molecule has 4 N–H and O–H groups in total. The Hall–Kier alpha value is -4.42. The molecular formula is C31H32F3N5O4. The molecule has 9 nitrogen and oxygen atoms in total. The van der Waals surface area contributed by atoms with Crippen molar-refractivity contribution < 1.29 is 32.6 Å². The number of nitrogens with one attached hydrogen (secondary N) is 3. The van der Waals surface area contributed by atoms with Gasteiger partial charge in [0.05, 0.1) is 30.7 Å². The number of halogens is 3. The van der Waals surface area contributed by atoms with Gasteiger partial charge in [0, 0.05) is 42.8 Å². The number of esters is 1. The average molecular weight is 596 g/mol. The number of alkyl halides is 3. The lowest BCUT2D eigenvalue weighted by atomic mass is 10.0. The molecule has 3 heterocycles. The van der Waals surface area contributed by atoms with Gasteiger partial charge >= 0.3 is 12.1 Å². The monoisotopic (exact) mass is 595 g/mol. The van der Waals surface area contributed by atoms with Crippen LogP contribution in [0.25, 0.3) is 11.0 Å². The number of piperidine rings is 1. The minimum absolute atomic E-state index is 0.0940. The summed E-state index contributed by atoms with van der Waals surface area (Å²) in [7, 11) is 1.30. The number of aromatic amines is 1. The Balaban J connectivity index is 1.27. The van der Waals surface area contributed by atoms with Crippen LogP contribution in [-0.4, -0.2) is 58.2 Å². The molecule has 2 aromatic carbocycles. The molecule has 1 aliphatic heterocycles. The zero-order valence-electron chi connectivity index (χ0n) is 23.7. The number of pyridine rings is 1. The number of ether oxygens (including phenoxy) is 1. The number of hydrogen-bond donors (Lipinski definition) is 4. The minimum Gasteiger partial charge on any atom is -0.464 e. The maximum absolute atomic E-state index is 14.0. The maximum Gasteiger partial charge on any atom is 0.416 e. The summed E-state index contributed by atoms with van der Waals surface area (Å²) < 4.78 is 46.7. The zero-order valence-corrected chi connectivity index (χ0v) is 23.7. The number of anilines is 2. The highest BCUT2D eigenvalue weighted by atomic mass is 19.4. The SMILES string of the molecule is COC(=O)c1cc2cc(NCc3cc(NC(=O)c4ccc(CN5CCC(O)CC5)c(C(F)(F)F)c4)ccc3C)cnc2[nH]1. The van der Waals surface area contributed by atoms with E-state index in [4.69, 9.17) is 4.74 Å². The number of nitrogens with zero attached hydrogens (tertiary/aromatic N) is 2. The molecule has 0 aliphatic carbocycles. The molecule has 0 unspecified atom stereocenters. The van der Waals surface area contributed by atoms with Crippen LogP contribution in [0.2, 0.25) is 0 Å². The second-order valence-electron chi connectivity index (χ2n) is 10.7. The molecule has 12 heteroatoms. The quantitative estimate of drug-likeness (QED) is 0.199. The molecule has 0 radical (unpaired) electrons. The van der Waals surface area contributed by atoms with Crippen molar-refractivity contribution >= 4 is 34.3 Å². The fourth-order valence-electron chi connectivity index (χ4n) is 5.11. The smallest absolute Gasteiger partial charge is 0.416 e. The van der Waals surface area contributed by atoms with Gasteiger partial charge in [0.15, 0.2) is 0 Å². The zero-order chi connectivity index (χ0) is 30.7. The molecule has 43 heavy (non-hydrogen) atoms. The molecule has 1 fully saturated rings. The standard InChI is InChI=1S/C31H32F3N5O4/c1-18-3-6-23(12-22(18)15-35-24-11-21-14-27(30(42)43-2)38-28(21)36-16-24)37-29(41)19-4-5-20(26(13-19)31(32,33)34)17-39-9-7-25(40)8-10-39/h3-6,11-14,16,25,35,40H,7-10,15,17H2,1-2H3,(H,36,38)(H,37,41). The van der Waals surface area contributed by atoms with Gasteiger partial charge in [-0.05, 0) is 72.9 Å². The van der Waals surface area contributed by atoms with Gasteiger partial charge in [0.2, 0.25) is 0 Å². The number of H-pyrrole nitrogens is 1. The summed E-state index contributed by atoms with van der Waals surface area (Å²) in [5.41, 5.74) is 2.95. The van der Waals surface area contributed by atoms with Gasteiger partial charge in [-0.2, -0.15) is 13.2 Å². The Bertz CT molecular complexity index is 1640. The van der Waals surface area contributed by atoms with Crippen molar-refractivity contribution in [3.63, 3.8) is 0 Å². The van der Waals surface area contributed by atoms with Gasteiger partial charge in [0.25, 0.3) is 5.91 Å². The van der Waals surface area contributed by atoms with E-state index in [2.05, 4.69) is 20.6 Å². The number of fused-ring (bicyclic) bond motifs is 1. The van der Waals surface area contributed by atoms with E-state index in [1.54, 1.807) is 24.4 Å². The number of likely N-dealkylation sites (tertiary alicyclic amines) is 1. The van der Waals surface area contributed by atoms with Gasteiger partial charge in [-0.1, -0.05) is 12.1 Å². The third-order valence-corrected chi connectivity index (χ3v) is 7.59. The van der Waals surface area contributed by atoms with Gasteiger partial charge < -0.3 is 25.5 Å². The average Bonchev–Trinajstić information content (AvgIpc) is 3.41. The van der Waals surface area contributed by atoms with Gasteiger partial charge in [0.1, 0.15) is 11.3 Å². The summed E-state index contributed by atoms with van der Waals surface area (Å²) in [5, 5.41) is 16.4. The predicted octanol–water partition coefficient (Wildman–Crippen LogP) is 5.50. The second kappa shape index (κ2) is 12.4. The molecule has 0 spiro atoms. The number of rotatable bonds is 8. The van der Waals surface area contributed by atoms with Crippen molar-refractivity contribution in [1.29, 1.82) is 0 Å². The van der Waals surface area contributed by atoms with Crippen LogP contribution in [0.4, 0.5) is 24.5 Å². The van der Waals surface area contributed by atoms with Gasteiger partial charge in [-0.3, -0.25) is 9.69 Å². The maximum atomic E-state index is 14.0. The molecule has 1 amide bonds. The molecule has 5 rings (SSSR count). The topological polar surface area (TPSA) is 120 Å². The Labute approximate surface area is 246 Å². The largest absolute Gasteiger partial charge is 0.464 e. The van der Waals surface area contributed by atoms with E-state index in [0.29, 0.717) is 55.2 Å². The molecular weight excluding hydrogens is 563 g/mol. The van der Waals surface area contributed by atoms with Crippen LogP contribution in [0.5, 0.6) is 0 Å². The number of amides is 1. The number of carbonyl (C=O) groups is 2. The number of benzene rings is 2. The van der Waals surface area contributed by atoms with E-state index in [1.807, 2.05) is 24.0 Å². The van der Waals surface area contributed by atoms with Crippen molar-refractivity contribution in [3.05, 3.63) is 88.2 Å². The highest BCUT2D eigenvalue weighted by molar-refractivity contribution is 6.04. The van der Waals surface area contributed by atoms with Crippen molar-refractivity contribution in [2.45, 2.75) is 45.1 Å². The first-order chi connectivity index (χ1) is 20.5. The minimum atomic E-state index is -4.62. The van der Waals surface area contributed by atoms with E-state index in [0.717, 1.165) is 22.6 Å². The van der Waals surface area contributed by atoms with Crippen molar-refractivity contribution in [1.82, 2.24) is 14.9 Å². The van der Waals surface area contributed by atoms with E-state index in [1.165, 1.54) is 19.2 Å². The molecule has 4 aromatic rings. The summed E-state index contributed by atoms with van der Waals surface area (Å²) >= 11 is 0. The second-order valence-corrected chi connectivity index (χ2v) is 10.7. The van der Waals surface area contributed by atoms with Crippen LogP contribution in [-0.2, 0) is 24.0 Å². The van der Waals surface area contributed by atoms with E-state index >= 15 is 0 Å². The van der Waals surface area contributed by atoms with Crippen LogP contribution in [0, 0.1) is 6.92 Å². The van der Waals surface area contributed by atoms with E-state index in [-0.39, 0.29) is 17.7 Å². The Morgan fingerprint density at radius 3 is 2.56 bits per heavy atom. The fraction of sp³-hybridized carbons (Fsp3) is 0.323. The number of carbonyl (C=O) groups excluding carboxylic acids is 2. The highest BCUT2D eigenvalue weighted by Crippen LogP contribution is 2.34. The number of hydrogen-bond acceptors (Lipinski definition) is 7. The summed E-state index contributed by atoms with van der Waals surface area (Å²) in [6, 6.07) is 12.4. The van der Waals surface area contributed by atoms with Gasteiger partial charge in [-0.15, -0.1) is 0 Å². The van der Waals surface area contributed by atoms with Crippen molar-refractivity contribution in [2.24, 2.45) is 0 Å². The van der Waals surface area contributed by atoms with Crippen LogP contribution >= 0.6 is 0 Å². The van der Waals surface area contributed by atoms with E-state index in [9.17, 15) is 27.9 Å². The number of aliphatic hydroxyl groups is 1. The first-order valence-corrected chi connectivity index (χ1v) is 13.8. The first kappa shape index (κ1) is 30.1. The summed E-state index contributed by atoms with van der Waals surface area (Å²) in [5.74, 6) is -1.14. The number of aryl methyl sites for hydroxylation is 1. The number of aromatic nitrogens is 2. The summed E-state index contributed by atoms with van der Waals surface area (Å²) in [6.45, 7) is 3.42. The Morgan fingerprint density at radius 1 is 1.07 bits per heavy atom. The van der Waals surface area contributed by atoms with Crippen LogP contribution in [0.3, 0.4) is 0 Å². The van der Waals surface area contributed by atoms with Gasteiger partial charge in [-0.25, -0.2) is 9.78 Å². The third-order valence-electron chi connectivity index (χ3n) is 7.59. The number of aliphatic hydroxyl groups excluding tert-OH is 1. The molecule has 0 saturated carbocycles. The summed E-state index contributed by atoms with van der Waals surface area (Å²) in [6.07, 6.45) is -2.38. The highest BCUT2D eigenvalue weighted by Gasteiger charge is 2.34. The molecule has 1 aliphatic rings. The summed E-state index contributed by atoms with van der Waals surface area (Å²) in [4.78, 5) is 33.9. The van der Waals surface area contributed by atoms with E-state index < -0.39 is 29.7 Å². The molecule has 226 valence electrons. The Kier molecular flexibility index (Phi) is 8.69. The van der Waals surface area contributed by atoms with Crippen LogP contribution < -0.4 is 10.6 Å². The Morgan fingerprint density at radius 2 is 1.84 bits per heavy atom. The molecule has 0 bridgehead atoms. The lowest BCUT2D eigenvalue weighted by Gasteiger charge is -2.30. The lowest BCUT2D eigenvalue weighted by Crippen LogP contribution is -2.35. The lowest BCUT2D eigenvalue weighted by molar-refractivity contribution is -0.138. The third kappa shape index (κ3) is 7.15. The fourth-order valence-corrected chi connectivity index (χ4v) is 5.11. The molecule has 0 atom stereocenters. The van der Waals surface area contributed by atoms with Crippen LogP contribution in [0.1, 0.15) is 55.9 Å². The van der Waals surface area contributed by atoms with Crippen LogP contribution in [0.15, 0.2) is 54.7 Å². The normalized spacial score (nSPS) is 14.6. The molecule has 2 aromatic heterocycles.